The lowest BCUT2D eigenvalue weighted by atomic mass is 9.79. The van der Waals surface area contributed by atoms with Crippen molar-refractivity contribution in [2.45, 2.75) is 51.7 Å². The Bertz CT molecular complexity index is 1040. The minimum Gasteiger partial charge on any atom is -0.493 e. The van der Waals surface area contributed by atoms with E-state index in [1.54, 1.807) is 37.7 Å². The van der Waals surface area contributed by atoms with Crippen LogP contribution < -0.4 is 20.1 Å². The number of rotatable bonds is 8. The fraction of sp³-hybridized carbons (Fsp3) is 0.500. The van der Waals surface area contributed by atoms with Gasteiger partial charge in [0.15, 0.2) is 11.5 Å². The first-order chi connectivity index (χ1) is 16.0. The van der Waals surface area contributed by atoms with Gasteiger partial charge in [0.1, 0.15) is 18.0 Å². The molecule has 34 heavy (non-hydrogen) atoms. The van der Waals surface area contributed by atoms with E-state index in [1.807, 2.05) is 13.8 Å². The molecule has 2 aromatic rings. The Balaban J connectivity index is 1.82. The SMILES string of the molecule is COC(=O)Nc1cc(-c2cc(OC)c(OC[C@@]3(CC(C)C)CC(C)(C)OC(=O)N3)cn2)ccn1. The molecule has 1 aliphatic rings. The number of hydrogen-bond donors (Lipinski definition) is 2. The molecule has 1 aliphatic heterocycles. The van der Waals surface area contributed by atoms with E-state index in [2.05, 4.69) is 39.2 Å². The number of ether oxygens (including phenoxy) is 4. The summed E-state index contributed by atoms with van der Waals surface area (Å²) in [7, 11) is 2.83. The number of pyridine rings is 2. The zero-order valence-corrected chi connectivity index (χ0v) is 20.4. The lowest BCUT2D eigenvalue weighted by Crippen LogP contribution is -2.62. The quantitative estimate of drug-likeness (QED) is 0.580. The second-order valence-corrected chi connectivity index (χ2v) is 9.38. The Labute approximate surface area is 199 Å². The molecule has 0 spiro atoms. The molecule has 3 heterocycles. The van der Waals surface area contributed by atoms with Gasteiger partial charge in [-0.2, -0.15) is 0 Å². The van der Waals surface area contributed by atoms with Crippen LogP contribution in [0.3, 0.4) is 0 Å². The van der Waals surface area contributed by atoms with Crippen molar-refractivity contribution in [1.29, 1.82) is 0 Å². The Kier molecular flexibility index (Phi) is 7.48. The van der Waals surface area contributed by atoms with Crippen molar-refractivity contribution in [1.82, 2.24) is 15.3 Å². The van der Waals surface area contributed by atoms with Crippen LogP contribution in [0.5, 0.6) is 11.5 Å². The van der Waals surface area contributed by atoms with Gasteiger partial charge >= 0.3 is 12.2 Å². The monoisotopic (exact) mass is 472 g/mol. The van der Waals surface area contributed by atoms with Crippen molar-refractivity contribution in [2.24, 2.45) is 5.92 Å². The number of carbonyl (C=O) groups is 2. The van der Waals surface area contributed by atoms with E-state index in [4.69, 9.17) is 14.2 Å². The van der Waals surface area contributed by atoms with Crippen molar-refractivity contribution in [3.05, 3.63) is 30.6 Å². The third-order valence-corrected chi connectivity index (χ3v) is 5.33. The Morgan fingerprint density at radius 2 is 2.00 bits per heavy atom. The highest BCUT2D eigenvalue weighted by Gasteiger charge is 2.45. The number of nitrogens with zero attached hydrogens (tertiary/aromatic N) is 2. The van der Waals surface area contributed by atoms with Crippen LogP contribution in [0.15, 0.2) is 30.6 Å². The number of amides is 2. The molecule has 2 N–H and O–H groups in total. The average Bonchev–Trinajstić information content (AvgIpc) is 2.75. The summed E-state index contributed by atoms with van der Waals surface area (Å²) in [6.45, 7) is 8.24. The van der Waals surface area contributed by atoms with E-state index < -0.39 is 23.3 Å². The number of carbonyl (C=O) groups excluding carboxylic acids is 2. The van der Waals surface area contributed by atoms with Crippen LogP contribution in [-0.4, -0.2) is 54.1 Å². The zero-order valence-electron chi connectivity index (χ0n) is 20.4. The summed E-state index contributed by atoms with van der Waals surface area (Å²) < 4.78 is 21.7. The van der Waals surface area contributed by atoms with E-state index in [0.29, 0.717) is 35.3 Å². The highest BCUT2D eigenvalue weighted by Crippen LogP contribution is 2.36. The lowest BCUT2D eigenvalue weighted by Gasteiger charge is -2.45. The molecule has 10 heteroatoms. The second kappa shape index (κ2) is 10.1. The highest BCUT2D eigenvalue weighted by atomic mass is 16.6. The van der Waals surface area contributed by atoms with E-state index >= 15 is 0 Å². The van der Waals surface area contributed by atoms with Gasteiger partial charge in [-0.15, -0.1) is 0 Å². The smallest absolute Gasteiger partial charge is 0.412 e. The molecule has 184 valence electrons. The Morgan fingerprint density at radius 3 is 2.65 bits per heavy atom. The van der Waals surface area contributed by atoms with E-state index in [1.165, 1.54) is 7.11 Å². The Hall–Kier alpha value is -3.56. The molecule has 0 saturated carbocycles. The van der Waals surface area contributed by atoms with Gasteiger partial charge in [0, 0.05) is 24.2 Å². The van der Waals surface area contributed by atoms with Crippen LogP contribution in [0.25, 0.3) is 11.3 Å². The van der Waals surface area contributed by atoms with E-state index in [0.717, 1.165) is 12.0 Å². The maximum absolute atomic E-state index is 12.3. The largest absolute Gasteiger partial charge is 0.493 e. The van der Waals surface area contributed by atoms with E-state index in [-0.39, 0.29) is 6.61 Å². The first-order valence-corrected chi connectivity index (χ1v) is 11.0. The molecule has 1 fully saturated rings. The number of aromatic nitrogens is 2. The second-order valence-electron chi connectivity index (χ2n) is 9.38. The van der Waals surface area contributed by atoms with Gasteiger partial charge in [-0.1, -0.05) is 13.8 Å². The first kappa shape index (κ1) is 25.1. The molecule has 2 amide bonds. The van der Waals surface area contributed by atoms with Gasteiger partial charge in [0.2, 0.25) is 0 Å². The number of anilines is 1. The summed E-state index contributed by atoms with van der Waals surface area (Å²) in [5.41, 5.74) is 0.137. The summed E-state index contributed by atoms with van der Waals surface area (Å²) in [4.78, 5) is 32.3. The molecular weight excluding hydrogens is 440 g/mol. The Morgan fingerprint density at radius 1 is 1.24 bits per heavy atom. The molecule has 0 radical (unpaired) electrons. The topological polar surface area (TPSA) is 121 Å². The molecule has 0 aliphatic carbocycles. The van der Waals surface area contributed by atoms with Crippen LogP contribution in [0.4, 0.5) is 15.4 Å². The van der Waals surface area contributed by atoms with Crippen molar-refractivity contribution < 1.29 is 28.5 Å². The first-order valence-electron chi connectivity index (χ1n) is 11.0. The van der Waals surface area contributed by atoms with Crippen molar-refractivity contribution in [3.63, 3.8) is 0 Å². The minimum absolute atomic E-state index is 0.240. The van der Waals surface area contributed by atoms with Crippen molar-refractivity contribution in [3.8, 4) is 22.8 Å². The third-order valence-electron chi connectivity index (χ3n) is 5.33. The zero-order chi connectivity index (χ0) is 24.9. The van der Waals surface area contributed by atoms with E-state index in [9.17, 15) is 9.59 Å². The molecule has 2 aromatic heterocycles. The van der Waals surface area contributed by atoms with Crippen LogP contribution in [0.1, 0.15) is 40.5 Å². The fourth-order valence-electron chi connectivity index (χ4n) is 4.32. The predicted molar refractivity (Wildman–Crippen MR) is 126 cm³/mol. The summed E-state index contributed by atoms with van der Waals surface area (Å²) >= 11 is 0. The van der Waals surface area contributed by atoms with Crippen LogP contribution >= 0.6 is 0 Å². The molecule has 0 bridgehead atoms. The van der Waals surface area contributed by atoms with Gasteiger partial charge in [-0.05, 0) is 38.3 Å². The molecule has 1 saturated heterocycles. The van der Waals surface area contributed by atoms with Gasteiger partial charge in [0.05, 0.1) is 31.6 Å². The fourth-order valence-corrected chi connectivity index (χ4v) is 4.32. The van der Waals surface area contributed by atoms with Gasteiger partial charge in [-0.3, -0.25) is 10.3 Å². The summed E-state index contributed by atoms with van der Waals surface area (Å²) in [6, 6.07) is 5.19. The lowest BCUT2D eigenvalue weighted by molar-refractivity contribution is -0.0404. The average molecular weight is 473 g/mol. The number of methoxy groups -OCH3 is 2. The molecule has 0 unspecified atom stereocenters. The molecule has 3 rings (SSSR count). The normalized spacial score (nSPS) is 19.1. The maximum atomic E-state index is 12.3. The molecular formula is C24H32N4O6. The third kappa shape index (κ3) is 6.27. The number of alkyl carbamates (subject to hydrolysis) is 1. The summed E-state index contributed by atoms with van der Waals surface area (Å²) in [5.74, 6) is 1.61. The number of nitrogens with one attached hydrogen (secondary N) is 2. The van der Waals surface area contributed by atoms with Gasteiger partial charge < -0.3 is 24.3 Å². The van der Waals surface area contributed by atoms with Crippen molar-refractivity contribution in [2.75, 3.05) is 26.1 Å². The standard InChI is InChI=1S/C24H32N4O6/c1-15(2)11-24(13-23(3,4)34-22(30)28-24)14-33-19-12-26-17(10-18(19)31-5)16-7-8-25-20(9-16)27-21(29)32-6/h7-10,12,15H,11,13-14H2,1-6H3,(H,28,30)(H,25,27,29)/t24-/m1/s1. The van der Waals surface area contributed by atoms with Crippen LogP contribution in [0.2, 0.25) is 0 Å². The van der Waals surface area contributed by atoms with Crippen molar-refractivity contribution >= 4 is 18.0 Å². The number of hydrogen-bond acceptors (Lipinski definition) is 8. The maximum Gasteiger partial charge on any atom is 0.412 e. The summed E-state index contributed by atoms with van der Waals surface area (Å²) in [6.07, 6.45) is 3.41. The highest BCUT2D eigenvalue weighted by molar-refractivity contribution is 5.84. The van der Waals surface area contributed by atoms with Crippen LogP contribution in [-0.2, 0) is 9.47 Å². The minimum atomic E-state index is -0.613. The van der Waals surface area contributed by atoms with Gasteiger partial charge in [-0.25, -0.2) is 14.6 Å². The van der Waals surface area contributed by atoms with Gasteiger partial charge in [0.25, 0.3) is 0 Å². The van der Waals surface area contributed by atoms with Crippen LogP contribution in [0, 0.1) is 5.92 Å². The predicted octanol–water partition coefficient (Wildman–Crippen LogP) is 4.40. The summed E-state index contributed by atoms with van der Waals surface area (Å²) in [5, 5.41) is 5.52. The molecule has 1 atom stereocenters. The molecule has 0 aromatic carbocycles. The molecule has 10 nitrogen and oxygen atoms in total. The number of cyclic esters (lactones) is 1.